The Morgan fingerprint density at radius 3 is 1.32 bits per heavy atom. The van der Waals surface area contributed by atoms with Crippen LogP contribution in [-0.4, -0.2) is 197 Å². The molecule has 574 valence electrons. The van der Waals surface area contributed by atoms with Gasteiger partial charge in [-0.15, -0.1) is 0 Å². The molecule has 6 aromatic carbocycles. The molecule has 6 saturated heterocycles. The number of thiocarbonyl (C=S) groups is 2. The van der Waals surface area contributed by atoms with Crippen molar-refractivity contribution in [2.24, 2.45) is 17.8 Å². The SMILES string of the molecule is COc1cccc2c(C3CCN(C(C(=O)O)C4CCN(C(=O)/C=C/c5cc(F)cc(F)c5)CC4)CC3)c[nH]c12.O=C(O)C(C1CCN(C(=S)Nc2ccc(F)cc2F)CC1)N1CCC(c2c[nH]c3ccccc23)CC1.O=C(O)C(C1CCN(C(=S)Nc2ccccc2)CC1)N1CCC(c2c[nH]c3ccccc23)CC1. The Labute approximate surface area is 642 Å². The first-order valence-electron chi connectivity index (χ1n) is 38.1. The van der Waals surface area contributed by atoms with Crippen LogP contribution in [0.5, 0.6) is 5.75 Å². The summed E-state index contributed by atoms with van der Waals surface area (Å²) >= 11 is 11.0. The van der Waals surface area contributed by atoms with Crippen LogP contribution < -0.4 is 15.4 Å². The van der Waals surface area contributed by atoms with Crippen LogP contribution in [0, 0.1) is 41.0 Å². The lowest BCUT2D eigenvalue weighted by Gasteiger charge is -2.42. The van der Waals surface area contributed by atoms with E-state index < -0.39 is 59.3 Å². The van der Waals surface area contributed by atoms with Gasteiger partial charge in [-0.1, -0.05) is 66.7 Å². The summed E-state index contributed by atoms with van der Waals surface area (Å²) in [6.45, 7) is 8.23. The molecule has 0 aliphatic carbocycles. The summed E-state index contributed by atoms with van der Waals surface area (Å²) in [5.74, 6) is -3.10. The number of likely N-dealkylation sites (tertiary alicyclic amines) is 6. The van der Waals surface area contributed by atoms with Crippen LogP contribution in [0.2, 0.25) is 0 Å². The van der Waals surface area contributed by atoms with Crippen molar-refractivity contribution in [1.82, 2.24) is 44.4 Å². The van der Waals surface area contributed by atoms with Gasteiger partial charge in [0.2, 0.25) is 5.91 Å². The molecule has 1 amide bonds. The Bertz CT molecular complexity index is 4660. The molecule has 6 fully saturated rings. The third-order valence-electron chi connectivity index (χ3n) is 23.4. The highest BCUT2D eigenvalue weighted by molar-refractivity contribution is 7.80. The van der Waals surface area contributed by atoms with Crippen molar-refractivity contribution in [2.45, 2.75) is 113 Å². The minimum absolute atomic E-state index is 0.0220. The summed E-state index contributed by atoms with van der Waals surface area (Å²) in [6.07, 6.45) is 18.8. The Morgan fingerprint density at radius 1 is 0.459 bits per heavy atom. The highest BCUT2D eigenvalue weighted by Gasteiger charge is 2.42. The van der Waals surface area contributed by atoms with E-state index in [1.54, 1.807) is 12.0 Å². The molecule has 9 heterocycles. The van der Waals surface area contributed by atoms with Crippen LogP contribution in [0.15, 0.2) is 158 Å². The number of carboxylic acid groups (broad SMARTS) is 3. The van der Waals surface area contributed by atoms with Gasteiger partial charge >= 0.3 is 17.9 Å². The smallest absolute Gasteiger partial charge is 0.321 e. The maximum absolute atomic E-state index is 14.0. The van der Waals surface area contributed by atoms with Crippen LogP contribution in [0.1, 0.15) is 117 Å². The Hall–Kier alpha value is -9.66. The summed E-state index contributed by atoms with van der Waals surface area (Å²) in [5, 5.41) is 41.3. The second-order valence-corrected chi connectivity index (χ2v) is 30.5. The Balaban J connectivity index is 0.000000144. The molecule has 15 rings (SSSR count). The van der Waals surface area contributed by atoms with Gasteiger partial charge in [-0.25, -0.2) is 17.6 Å². The fourth-order valence-corrected chi connectivity index (χ4v) is 18.3. The van der Waals surface area contributed by atoms with Crippen LogP contribution >= 0.6 is 24.4 Å². The van der Waals surface area contributed by atoms with Crippen molar-refractivity contribution >= 4 is 109 Å². The number of piperidine rings is 6. The molecule has 0 saturated carbocycles. The van der Waals surface area contributed by atoms with E-state index in [4.69, 9.17) is 29.2 Å². The molecule has 0 bridgehead atoms. The van der Waals surface area contributed by atoms with E-state index >= 15 is 0 Å². The number of para-hydroxylation sites is 4. The number of rotatable bonds is 17. The number of hydrogen-bond donors (Lipinski definition) is 8. The number of carbonyl (C=O) groups is 4. The normalized spacial score (nSPS) is 18.9. The molecule has 3 atom stereocenters. The van der Waals surface area contributed by atoms with Crippen LogP contribution in [0.25, 0.3) is 38.8 Å². The van der Waals surface area contributed by atoms with Gasteiger partial charge in [-0.05, 0) is 259 Å². The standard InChI is InChI=1S/C30H33F2N3O4.C27H30F2N4O2S.C27H32N4O2S/c1-39-26-4-2-3-24-25(18-33-28(24)26)20-7-13-35(14-8-20)29(30(37)38)21-9-11-34(12-10-21)27(36)6-5-19-15-22(31)17-23(32)16-19;28-19-5-6-24(22(29)15-19)31-27(36)33-13-9-18(10-14-33)25(26(34)35)32-11-7-17(8-12-32)21-16-30-23-4-2-1-3-20(21)23;32-26(33)25(20-12-16-31(17-13-20)27(34)29-21-6-2-1-3-7-21)30-14-10-19(11-15-30)23-18-28-24-9-5-4-8-22(23)24/h2-6,15-18,20-21,29,33H,7-14H2,1H3,(H,37,38);1-6,15-18,25,30H,7-14H2,(H,31,36)(H,34,35);1-9,18-20,25,28H,10-17H2,(H,29,34)(H,32,33)/b6-5+;;. The molecular formula is C84H95F4N11O8S2. The molecule has 0 radical (unpaired) electrons. The first kappa shape index (κ1) is 77.5. The van der Waals surface area contributed by atoms with Crippen LogP contribution in [-0.2, 0) is 19.2 Å². The number of methoxy groups -OCH3 is 1. The molecule has 6 aliphatic heterocycles. The van der Waals surface area contributed by atoms with Crippen molar-refractivity contribution in [3.05, 3.63) is 204 Å². The number of nitrogens with one attached hydrogen (secondary N) is 5. The van der Waals surface area contributed by atoms with Gasteiger partial charge in [0, 0.05) is 109 Å². The number of aliphatic carboxylic acids is 3. The number of ether oxygens (including phenoxy) is 1. The van der Waals surface area contributed by atoms with Gasteiger partial charge < -0.3 is 60.3 Å². The molecule has 19 nitrogen and oxygen atoms in total. The first-order valence-corrected chi connectivity index (χ1v) is 38.9. The lowest BCUT2D eigenvalue weighted by atomic mass is 9.84. The average molecular weight is 1530 g/mol. The number of aromatic nitrogens is 3. The summed E-state index contributed by atoms with van der Waals surface area (Å²) in [4.78, 5) is 72.0. The van der Waals surface area contributed by atoms with Crippen LogP contribution in [0.3, 0.4) is 0 Å². The molecule has 3 unspecified atom stereocenters. The monoisotopic (exact) mass is 1530 g/mol. The maximum Gasteiger partial charge on any atom is 0.321 e. The number of anilines is 2. The minimum Gasteiger partial charge on any atom is -0.495 e. The van der Waals surface area contributed by atoms with Gasteiger partial charge in [0.05, 0.1) is 18.3 Å². The van der Waals surface area contributed by atoms with Crippen LogP contribution in [0.4, 0.5) is 28.9 Å². The fraction of sp³-hybridized carbons (Fsp3) is 0.405. The number of benzene rings is 6. The zero-order valence-corrected chi connectivity index (χ0v) is 62.8. The Morgan fingerprint density at radius 2 is 0.872 bits per heavy atom. The van der Waals surface area contributed by atoms with E-state index in [1.807, 2.05) is 59.6 Å². The topological polar surface area (TPSA) is 229 Å². The number of hydrogen-bond acceptors (Lipinski definition) is 10. The predicted octanol–water partition coefficient (Wildman–Crippen LogP) is 15.1. The van der Waals surface area contributed by atoms with Crippen molar-refractivity contribution in [3.63, 3.8) is 0 Å². The van der Waals surface area contributed by atoms with E-state index in [9.17, 15) is 52.1 Å². The molecule has 109 heavy (non-hydrogen) atoms. The van der Waals surface area contributed by atoms with Gasteiger partial charge in [-0.2, -0.15) is 0 Å². The molecule has 9 aromatic rings. The third kappa shape index (κ3) is 18.6. The second kappa shape index (κ2) is 35.8. The van der Waals surface area contributed by atoms with Crippen molar-refractivity contribution < 1.29 is 56.8 Å². The van der Waals surface area contributed by atoms with E-state index in [0.717, 1.165) is 148 Å². The lowest BCUT2D eigenvalue weighted by Crippen LogP contribution is -2.52. The quantitative estimate of drug-likeness (QED) is 0.0241. The number of halogens is 4. The Kier molecular flexibility index (Phi) is 25.4. The molecule has 25 heteroatoms. The fourth-order valence-electron chi connectivity index (χ4n) is 17.7. The first-order chi connectivity index (χ1) is 52.8. The van der Waals surface area contributed by atoms with Gasteiger partial charge in [0.1, 0.15) is 47.1 Å². The summed E-state index contributed by atoms with van der Waals surface area (Å²) < 4.78 is 59.4. The lowest BCUT2D eigenvalue weighted by molar-refractivity contribution is -0.148. The number of H-pyrrole nitrogens is 3. The number of aromatic amines is 3. The van der Waals surface area contributed by atoms with E-state index in [2.05, 4.69) is 106 Å². The van der Waals surface area contributed by atoms with E-state index in [1.165, 1.54) is 57.3 Å². The second-order valence-electron chi connectivity index (χ2n) is 29.7. The number of fused-ring (bicyclic) bond motifs is 3. The summed E-state index contributed by atoms with van der Waals surface area (Å²) in [7, 11) is 1.66. The number of carbonyl (C=O) groups excluding carboxylic acids is 1. The van der Waals surface area contributed by atoms with Crippen molar-refractivity contribution in [3.8, 4) is 5.75 Å². The summed E-state index contributed by atoms with van der Waals surface area (Å²) in [5.41, 5.74) is 8.63. The number of amides is 1. The zero-order chi connectivity index (χ0) is 76.2. The molecular weight excluding hydrogens is 1430 g/mol. The predicted molar refractivity (Wildman–Crippen MR) is 425 cm³/mol. The van der Waals surface area contributed by atoms with E-state index in [0.29, 0.717) is 87.8 Å². The minimum atomic E-state index is -0.817. The van der Waals surface area contributed by atoms with Gasteiger partial charge in [-0.3, -0.25) is 33.9 Å². The number of carboxylic acids is 3. The highest BCUT2D eigenvalue weighted by atomic mass is 32.1. The molecule has 8 N–H and O–H groups in total. The molecule has 6 aliphatic rings. The maximum atomic E-state index is 14.0. The zero-order valence-electron chi connectivity index (χ0n) is 61.1. The van der Waals surface area contributed by atoms with Gasteiger partial charge in [0.25, 0.3) is 0 Å². The van der Waals surface area contributed by atoms with Crippen molar-refractivity contribution in [1.29, 1.82) is 0 Å². The number of nitrogens with zero attached hydrogens (tertiary/aromatic N) is 6. The third-order valence-corrected chi connectivity index (χ3v) is 24.1. The van der Waals surface area contributed by atoms with Gasteiger partial charge in [0.15, 0.2) is 10.2 Å². The average Bonchev–Trinajstić information content (AvgIpc) is 1.64. The van der Waals surface area contributed by atoms with Crippen molar-refractivity contribution in [2.75, 3.05) is 96.3 Å². The van der Waals surface area contributed by atoms with E-state index in [-0.39, 0.29) is 34.9 Å². The molecule has 0 spiro atoms. The summed E-state index contributed by atoms with van der Waals surface area (Å²) in [6, 6.07) is 37.6. The molecule has 3 aromatic heterocycles. The highest BCUT2D eigenvalue weighted by Crippen LogP contribution is 2.41. The largest absolute Gasteiger partial charge is 0.495 e.